The van der Waals surface area contributed by atoms with Crippen LogP contribution < -0.4 is 4.72 Å². The molecule has 0 atom stereocenters. The molecule has 0 saturated heterocycles. The van der Waals surface area contributed by atoms with E-state index < -0.39 is 10.0 Å². The lowest BCUT2D eigenvalue weighted by molar-refractivity contribution is 0.578. The van der Waals surface area contributed by atoms with E-state index in [-0.39, 0.29) is 4.90 Å². The molecule has 1 aromatic heterocycles. The Morgan fingerprint density at radius 1 is 1.22 bits per heavy atom. The van der Waals surface area contributed by atoms with Crippen LogP contribution in [0.3, 0.4) is 0 Å². The van der Waals surface area contributed by atoms with Crippen LogP contribution in [0.25, 0.3) is 0 Å². The van der Waals surface area contributed by atoms with Gasteiger partial charge in [0.1, 0.15) is 12.2 Å². The summed E-state index contributed by atoms with van der Waals surface area (Å²) in [5.74, 6) is 0.758. The second-order valence-electron chi connectivity index (χ2n) is 3.75. The third-order valence-electron chi connectivity index (χ3n) is 2.40. The summed E-state index contributed by atoms with van der Waals surface area (Å²) in [4.78, 5) is 4.25. The van der Waals surface area contributed by atoms with Gasteiger partial charge in [-0.25, -0.2) is 18.1 Å². The van der Waals surface area contributed by atoms with Crippen molar-refractivity contribution in [2.75, 3.05) is 6.54 Å². The molecule has 0 aliphatic carbocycles. The molecule has 0 spiro atoms. The van der Waals surface area contributed by atoms with Crippen molar-refractivity contribution in [1.82, 2.24) is 19.9 Å². The average molecular weight is 266 g/mol. The number of aromatic nitrogens is 3. The molecule has 96 valence electrons. The second-order valence-corrected chi connectivity index (χ2v) is 5.51. The standard InChI is InChI=1S/C11H14N4O2S/c16-18(17,10-5-2-1-3-6-10)14-8-4-7-11-12-9-13-15-11/h1-3,5-6,9,14H,4,7-8H2,(H,12,13,15). The Balaban J connectivity index is 1.83. The maximum Gasteiger partial charge on any atom is 0.240 e. The summed E-state index contributed by atoms with van der Waals surface area (Å²) in [7, 11) is -3.40. The Morgan fingerprint density at radius 2 is 2.00 bits per heavy atom. The van der Waals surface area contributed by atoms with Crippen LogP contribution in [-0.4, -0.2) is 30.1 Å². The summed E-state index contributed by atoms with van der Waals surface area (Å²) in [6.07, 6.45) is 2.77. The minimum atomic E-state index is -3.40. The van der Waals surface area contributed by atoms with Crippen LogP contribution in [0.4, 0.5) is 0 Å². The third-order valence-corrected chi connectivity index (χ3v) is 3.88. The first kappa shape index (κ1) is 12.7. The number of rotatable bonds is 6. The summed E-state index contributed by atoms with van der Waals surface area (Å²) >= 11 is 0. The first-order valence-corrected chi connectivity index (χ1v) is 7.06. The summed E-state index contributed by atoms with van der Waals surface area (Å²) in [5, 5.41) is 6.45. The number of H-pyrrole nitrogens is 1. The van der Waals surface area contributed by atoms with Gasteiger partial charge in [-0.15, -0.1) is 0 Å². The molecule has 2 rings (SSSR count). The highest BCUT2D eigenvalue weighted by Gasteiger charge is 2.11. The summed E-state index contributed by atoms with van der Waals surface area (Å²) in [6, 6.07) is 8.31. The highest BCUT2D eigenvalue weighted by molar-refractivity contribution is 7.89. The molecule has 0 aliphatic rings. The summed E-state index contributed by atoms with van der Waals surface area (Å²) in [5.41, 5.74) is 0. The molecule has 0 radical (unpaired) electrons. The number of sulfonamides is 1. The highest BCUT2D eigenvalue weighted by Crippen LogP contribution is 2.06. The SMILES string of the molecule is O=S(=O)(NCCCc1ncn[nH]1)c1ccccc1. The maximum atomic E-state index is 11.8. The van der Waals surface area contributed by atoms with Gasteiger partial charge in [-0.3, -0.25) is 5.10 Å². The highest BCUT2D eigenvalue weighted by atomic mass is 32.2. The zero-order valence-corrected chi connectivity index (χ0v) is 10.5. The Labute approximate surface area is 106 Å². The number of nitrogens with one attached hydrogen (secondary N) is 2. The Hall–Kier alpha value is -1.73. The number of hydrogen-bond donors (Lipinski definition) is 2. The van der Waals surface area contributed by atoms with Crippen molar-refractivity contribution in [3.05, 3.63) is 42.5 Å². The van der Waals surface area contributed by atoms with Crippen LogP contribution >= 0.6 is 0 Å². The Kier molecular flexibility index (Phi) is 4.06. The Morgan fingerprint density at radius 3 is 2.67 bits per heavy atom. The third kappa shape index (κ3) is 3.38. The van der Waals surface area contributed by atoms with Gasteiger partial charge in [-0.05, 0) is 18.6 Å². The van der Waals surface area contributed by atoms with Gasteiger partial charge in [-0.1, -0.05) is 18.2 Å². The van der Waals surface area contributed by atoms with Crippen LogP contribution in [0.2, 0.25) is 0 Å². The largest absolute Gasteiger partial charge is 0.263 e. The lowest BCUT2D eigenvalue weighted by Gasteiger charge is -2.05. The molecule has 1 heterocycles. The van der Waals surface area contributed by atoms with E-state index in [1.54, 1.807) is 30.3 Å². The molecule has 1 aromatic carbocycles. The van der Waals surface area contributed by atoms with Crippen molar-refractivity contribution in [3.63, 3.8) is 0 Å². The molecule has 0 bridgehead atoms. The molecule has 6 nitrogen and oxygen atoms in total. The predicted octanol–water partition coefficient (Wildman–Crippen LogP) is 0.716. The maximum absolute atomic E-state index is 11.8. The normalized spacial score (nSPS) is 11.6. The van der Waals surface area contributed by atoms with Gasteiger partial charge in [0.25, 0.3) is 0 Å². The smallest absolute Gasteiger partial charge is 0.240 e. The van der Waals surface area contributed by atoms with Crippen LogP contribution in [0.5, 0.6) is 0 Å². The number of nitrogens with zero attached hydrogens (tertiary/aromatic N) is 2. The quantitative estimate of drug-likeness (QED) is 0.754. The molecule has 0 unspecified atom stereocenters. The van der Waals surface area contributed by atoms with Crippen molar-refractivity contribution >= 4 is 10.0 Å². The van der Waals surface area contributed by atoms with E-state index in [1.807, 2.05) is 0 Å². The van der Waals surface area contributed by atoms with Gasteiger partial charge in [0.15, 0.2) is 0 Å². The van der Waals surface area contributed by atoms with Gasteiger partial charge in [-0.2, -0.15) is 5.10 Å². The fourth-order valence-corrected chi connectivity index (χ4v) is 2.59. The number of benzene rings is 1. The molecule has 0 aliphatic heterocycles. The van der Waals surface area contributed by atoms with E-state index in [0.717, 1.165) is 5.82 Å². The Bertz CT molecular complexity index is 566. The van der Waals surface area contributed by atoms with E-state index in [4.69, 9.17) is 0 Å². The molecule has 0 saturated carbocycles. The van der Waals surface area contributed by atoms with Crippen LogP contribution in [-0.2, 0) is 16.4 Å². The topological polar surface area (TPSA) is 87.7 Å². The van der Waals surface area contributed by atoms with Crippen molar-refractivity contribution in [2.24, 2.45) is 0 Å². The first-order chi connectivity index (χ1) is 8.68. The molecule has 0 amide bonds. The molecule has 0 fully saturated rings. The van der Waals surface area contributed by atoms with Crippen molar-refractivity contribution in [1.29, 1.82) is 0 Å². The summed E-state index contributed by atoms with van der Waals surface area (Å²) < 4.78 is 26.2. The molecular formula is C11H14N4O2S. The molecule has 2 aromatic rings. The first-order valence-electron chi connectivity index (χ1n) is 5.57. The number of hydrogen-bond acceptors (Lipinski definition) is 4. The van der Waals surface area contributed by atoms with Crippen LogP contribution in [0.15, 0.2) is 41.6 Å². The molecular weight excluding hydrogens is 252 g/mol. The summed E-state index contributed by atoms with van der Waals surface area (Å²) in [6.45, 7) is 0.373. The number of aryl methyl sites for hydroxylation is 1. The molecule has 2 N–H and O–H groups in total. The van der Waals surface area contributed by atoms with Gasteiger partial charge in [0.05, 0.1) is 4.90 Å². The lowest BCUT2D eigenvalue weighted by Crippen LogP contribution is -2.25. The van der Waals surface area contributed by atoms with E-state index in [0.29, 0.717) is 19.4 Å². The van der Waals surface area contributed by atoms with Crippen molar-refractivity contribution in [2.45, 2.75) is 17.7 Å². The van der Waals surface area contributed by atoms with E-state index >= 15 is 0 Å². The zero-order chi connectivity index (χ0) is 12.8. The zero-order valence-electron chi connectivity index (χ0n) is 9.70. The van der Waals surface area contributed by atoms with Gasteiger partial charge >= 0.3 is 0 Å². The molecule has 7 heteroatoms. The fraction of sp³-hybridized carbons (Fsp3) is 0.273. The van der Waals surface area contributed by atoms with Crippen LogP contribution in [0, 0.1) is 0 Å². The fourth-order valence-electron chi connectivity index (χ4n) is 1.50. The molecule has 18 heavy (non-hydrogen) atoms. The predicted molar refractivity (Wildman–Crippen MR) is 66.3 cm³/mol. The minimum absolute atomic E-state index is 0.282. The van der Waals surface area contributed by atoms with Crippen molar-refractivity contribution in [3.8, 4) is 0 Å². The minimum Gasteiger partial charge on any atom is -0.263 e. The second kappa shape index (κ2) is 5.74. The van der Waals surface area contributed by atoms with Gasteiger partial charge < -0.3 is 0 Å². The van der Waals surface area contributed by atoms with E-state index in [1.165, 1.54) is 6.33 Å². The monoisotopic (exact) mass is 266 g/mol. The number of aromatic amines is 1. The van der Waals surface area contributed by atoms with E-state index in [2.05, 4.69) is 19.9 Å². The van der Waals surface area contributed by atoms with E-state index in [9.17, 15) is 8.42 Å². The van der Waals surface area contributed by atoms with Crippen molar-refractivity contribution < 1.29 is 8.42 Å². The van der Waals surface area contributed by atoms with Gasteiger partial charge in [0, 0.05) is 13.0 Å². The van der Waals surface area contributed by atoms with Crippen LogP contribution in [0.1, 0.15) is 12.2 Å². The van der Waals surface area contributed by atoms with Gasteiger partial charge in [0.2, 0.25) is 10.0 Å². The lowest BCUT2D eigenvalue weighted by atomic mass is 10.3. The average Bonchev–Trinajstić information content (AvgIpc) is 2.89.